The lowest BCUT2D eigenvalue weighted by molar-refractivity contribution is 1.03. The van der Waals surface area contributed by atoms with E-state index in [1.165, 1.54) is 11.3 Å². The molecule has 2 aromatic rings. The summed E-state index contributed by atoms with van der Waals surface area (Å²) in [7, 11) is 4.09. The van der Waals surface area contributed by atoms with Crippen LogP contribution >= 0.6 is 0 Å². The first-order chi connectivity index (χ1) is 10.1. The summed E-state index contributed by atoms with van der Waals surface area (Å²) in [6, 6.07) is 16.8. The summed E-state index contributed by atoms with van der Waals surface area (Å²) in [6.45, 7) is 3.69. The van der Waals surface area contributed by atoms with Crippen LogP contribution in [0.1, 0.15) is 11.1 Å². The second-order valence-electron chi connectivity index (χ2n) is 5.31. The molecular weight excluding hydrogens is 258 g/mol. The van der Waals surface area contributed by atoms with E-state index in [1.54, 1.807) is 0 Å². The molecule has 2 rings (SSSR count). The number of benzene rings is 2. The third-order valence-electron chi connectivity index (χ3n) is 3.27. The average molecular weight is 281 g/mol. The van der Waals surface area contributed by atoms with Gasteiger partial charge < -0.3 is 10.2 Å². The van der Waals surface area contributed by atoms with E-state index in [4.69, 9.17) is 0 Å². The van der Waals surface area contributed by atoms with Crippen molar-refractivity contribution < 1.29 is 0 Å². The SMILES string of the molecule is Cc1ccc(C=NCCNc2ccc(N(C)C)cc2)cc1. The zero-order valence-corrected chi connectivity index (χ0v) is 13.0. The van der Waals surface area contributed by atoms with Gasteiger partial charge in [-0.15, -0.1) is 0 Å². The highest BCUT2D eigenvalue weighted by atomic mass is 15.1. The number of anilines is 2. The van der Waals surface area contributed by atoms with Gasteiger partial charge in [0.1, 0.15) is 0 Å². The third-order valence-corrected chi connectivity index (χ3v) is 3.27. The van der Waals surface area contributed by atoms with Crippen LogP contribution in [-0.4, -0.2) is 33.4 Å². The molecule has 3 nitrogen and oxygen atoms in total. The quantitative estimate of drug-likeness (QED) is 0.647. The highest BCUT2D eigenvalue weighted by molar-refractivity contribution is 5.79. The molecule has 0 spiro atoms. The summed E-state index contributed by atoms with van der Waals surface area (Å²) in [6.07, 6.45) is 1.93. The minimum Gasteiger partial charge on any atom is -0.383 e. The number of hydrogen-bond donors (Lipinski definition) is 1. The lowest BCUT2D eigenvalue weighted by Crippen LogP contribution is -2.09. The van der Waals surface area contributed by atoms with Crippen LogP contribution in [0.25, 0.3) is 0 Å². The van der Waals surface area contributed by atoms with Gasteiger partial charge in [-0.1, -0.05) is 29.8 Å². The largest absolute Gasteiger partial charge is 0.383 e. The molecule has 3 heteroatoms. The maximum atomic E-state index is 4.44. The fraction of sp³-hybridized carbons (Fsp3) is 0.278. The molecule has 0 saturated carbocycles. The normalized spacial score (nSPS) is 10.8. The second kappa shape index (κ2) is 7.48. The van der Waals surface area contributed by atoms with Crippen molar-refractivity contribution >= 4 is 17.6 Å². The smallest absolute Gasteiger partial charge is 0.0562 e. The van der Waals surface area contributed by atoms with Crippen LogP contribution in [0, 0.1) is 6.92 Å². The van der Waals surface area contributed by atoms with Gasteiger partial charge in [-0.2, -0.15) is 0 Å². The lowest BCUT2D eigenvalue weighted by atomic mass is 10.2. The van der Waals surface area contributed by atoms with Crippen molar-refractivity contribution in [2.75, 3.05) is 37.4 Å². The molecule has 1 N–H and O–H groups in total. The van der Waals surface area contributed by atoms with Crippen LogP contribution in [0.3, 0.4) is 0 Å². The molecule has 0 heterocycles. The summed E-state index contributed by atoms with van der Waals surface area (Å²) in [5.74, 6) is 0. The van der Waals surface area contributed by atoms with Crippen LogP contribution in [0.2, 0.25) is 0 Å². The molecule has 0 aromatic heterocycles. The van der Waals surface area contributed by atoms with E-state index in [0.29, 0.717) is 0 Å². The molecule has 0 bridgehead atoms. The van der Waals surface area contributed by atoms with E-state index in [0.717, 1.165) is 24.3 Å². The van der Waals surface area contributed by atoms with Gasteiger partial charge in [0, 0.05) is 38.2 Å². The van der Waals surface area contributed by atoms with Crippen molar-refractivity contribution in [3.05, 3.63) is 59.7 Å². The van der Waals surface area contributed by atoms with Gasteiger partial charge in [0.05, 0.1) is 6.54 Å². The van der Waals surface area contributed by atoms with Crippen LogP contribution in [0.4, 0.5) is 11.4 Å². The number of aryl methyl sites for hydroxylation is 1. The summed E-state index contributed by atoms with van der Waals surface area (Å²) >= 11 is 0. The minimum atomic E-state index is 0.767. The Bertz CT molecular complexity index is 568. The van der Waals surface area contributed by atoms with E-state index >= 15 is 0 Å². The Balaban J connectivity index is 1.75. The molecule has 21 heavy (non-hydrogen) atoms. The maximum absolute atomic E-state index is 4.44. The highest BCUT2D eigenvalue weighted by Gasteiger charge is 1.95. The Morgan fingerprint density at radius 2 is 1.67 bits per heavy atom. The first-order valence-corrected chi connectivity index (χ1v) is 7.23. The summed E-state index contributed by atoms with van der Waals surface area (Å²) in [5.41, 5.74) is 4.76. The van der Waals surface area contributed by atoms with Crippen LogP contribution in [0.15, 0.2) is 53.5 Å². The molecule has 110 valence electrons. The van der Waals surface area contributed by atoms with Gasteiger partial charge in [0.15, 0.2) is 0 Å². The Kier molecular flexibility index (Phi) is 5.38. The first kappa shape index (κ1) is 15.1. The van der Waals surface area contributed by atoms with Crippen LogP contribution in [-0.2, 0) is 0 Å². The first-order valence-electron chi connectivity index (χ1n) is 7.23. The highest BCUT2D eigenvalue weighted by Crippen LogP contribution is 2.15. The van der Waals surface area contributed by atoms with E-state index in [1.807, 2.05) is 20.3 Å². The van der Waals surface area contributed by atoms with Crippen molar-refractivity contribution in [3.63, 3.8) is 0 Å². The van der Waals surface area contributed by atoms with Gasteiger partial charge in [-0.05, 0) is 36.8 Å². The van der Waals surface area contributed by atoms with Crippen LogP contribution < -0.4 is 10.2 Å². The lowest BCUT2D eigenvalue weighted by Gasteiger charge is -2.13. The van der Waals surface area contributed by atoms with Crippen molar-refractivity contribution in [2.45, 2.75) is 6.92 Å². The molecule has 0 aliphatic rings. The molecule has 0 unspecified atom stereocenters. The standard InChI is InChI=1S/C18H23N3/c1-15-4-6-16(7-5-15)14-19-12-13-20-17-8-10-18(11-9-17)21(2)3/h4-11,14,20H,12-13H2,1-3H3. The molecular formula is C18H23N3. The number of aliphatic imine (C=N–C) groups is 1. The topological polar surface area (TPSA) is 27.6 Å². The molecule has 0 fully saturated rings. The Morgan fingerprint density at radius 1 is 1.00 bits per heavy atom. The molecule has 0 saturated heterocycles. The number of nitrogens with zero attached hydrogens (tertiary/aromatic N) is 2. The Hall–Kier alpha value is -2.29. The number of hydrogen-bond acceptors (Lipinski definition) is 3. The fourth-order valence-electron chi connectivity index (χ4n) is 1.96. The van der Waals surface area contributed by atoms with Crippen molar-refractivity contribution in [1.82, 2.24) is 0 Å². The zero-order chi connectivity index (χ0) is 15.1. The van der Waals surface area contributed by atoms with Gasteiger partial charge in [-0.25, -0.2) is 0 Å². The van der Waals surface area contributed by atoms with E-state index < -0.39 is 0 Å². The summed E-state index contributed by atoms with van der Waals surface area (Å²) < 4.78 is 0. The predicted octanol–water partition coefficient (Wildman–Crippen LogP) is 3.59. The number of nitrogens with one attached hydrogen (secondary N) is 1. The molecule has 0 radical (unpaired) electrons. The maximum Gasteiger partial charge on any atom is 0.0562 e. The molecule has 2 aromatic carbocycles. The Morgan fingerprint density at radius 3 is 2.29 bits per heavy atom. The molecule has 0 aliphatic carbocycles. The Labute approximate surface area is 127 Å². The van der Waals surface area contributed by atoms with Crippen molar-refractivity contribution in [1.29, 1.82) is 0 Å². The van der Waals surface area contributed by atoms with Crippen molar-refractivity contribution in [2.24, 2.45) is 4.99 Å². The average Bonchev–Trinajstić information content (AvgIpc) is 2.49. The fourth-order valence-corrected chi connectivity index (χ4v) is 1.96. The van der Waals surface area contributed by atoms with E-state index in [2.05, 4.69) is 70.7 Å². The van der Waals surface area contributed by atoms with E-state index in [-0.39, 0.29) is 0 Å². The monoisotopic (exact) mass is 281 g/mol. The zero-order valence-electron chi connectivity index (χ0n) is 13.0. The van der Waals surface area contributed by atoms with Gasteiger partial charge in [-0.3, -0.25) is 4.99 Å². The van der Waals surface area contributed by atoms with Gasteiger partial charge in [0.25, 0.3) is 0 Å². The summed E-state index contributed by atoms with van der Waals surface area (Å²) in [5, 5.41) is 3.37. The molecule has 0 aliphatic heterocycles. The van der Waals surface area contributed by atoms with Gasteiger partial charge >= 0.3 is 0 Å². The van der Waals surface area contributed by atoms with Gasteiger partial charge in [0.2, 0.25) is 0 Å². The van der Waals surface area contributed by atoms with E-state index in [9.17, 15) is 0 Å². The minimum absolute atomic E-state index is 0.767. The third kappa shape index (κ3) is 4.95. The molecule has 0 atom stereocenters. The van der Waals surface area contributed by atoms with Crippen LogP contribution in [0.5, 0.6) is 0 Å². The predicted molar refractivity (Wildman–Crippen MR) is 92.9 cm³/mol. The molecule has 0 amide bonds. The second-order valence-corrected chi connectivity index (χ2v) is 5.31. The number of rotatable bonds is 6. The van der Waals surface area contributed by atoms with Crippen molar-refractivity contribution in [3.8, 4) is 0 Å². The summed E-state index contributed by atoms with van der Waals surface area (Å²) in [4.78, 5) is 6.53.